The summed E-state index contributed by atoms with van der Waals surface area (Å²) in [6.45, 7) is 4.09. The molecule has 2 fully saturated rings. The van der Waals surface area contributed by atoms with Crippen LogP contribution in [0.15, 0.2) is 18.2 Å². The van der Waals surface area contributed by atoms with E-state index in [4.69, 9.17) is 4.74 Å². The first-order valence-corrected chi connectivity index (χ1v) is 8.74. The van der Waals surface area contributed by atoms with Crippen LogP contribution in [0.4, 0.5) is 4.39 Å². The van der Waals surface area contributed by atoms with E-state index < -0.39 is 0 Å². The first-order chi connectivity index (χ1) is 11.5. The van der Waals surface area contributed by atoms with Crippen LogP contribution in [0.3, 0.4) is 0 Å². The van der Waals surface area contributed by atoms with Gasteiger partial charge in [-0.05, 0) is 63.4 Å². The van der Waals surface area contributed by atoms with Gasteiger partial charge in [-0.2, -0.15) is 0 Å². The number of hydrogen-bond acceptors (Lipinski definition) is 3. The third kappa shape index (κ3) is 3.07. The molecule has 0 aliphatic carbocycles. The van der Waals surface area contributed by atoms with E-state index in [9.17, 15) is 9.18 Å². The highest BCUT2D eigenvalue weighted by molar-refractivity contribution is 5.95. The predicted octanol–water partition coefficient (Wildman–Crippen LogP) is 2.85. The summed E-state index contributed by atoms with van der Waals surface area (Å²) in [5.41, 5.74) is 1.53. The Morgan fingerprint density at radius 2 is 2.04 bits per heavy atom. The maximum atomic E-state index is 13.3. The minimum atomic E-state index is -0.293. The zero-order valence-corrected chi connectivity index (χ0v) is 14.8. The molecule has 5 heteroatoms. The second-order valence-electron chi connectivity index (χ2n) is 7.23. The fraction of sp³-hybridized carbons (Fsp3) is 0.632. The molecule has 0 saturated carbocycles. The number of amides is 1. The fourth-order valence-corrected chi connectivity index (χ4v) is 4.35. The van der Waals surface area contributed by atoms with Gasteiger partial charge in [-0.1, -0.05) is 0 Å². The lowest BCUT2D eigenvalue weighted by atomic mass is 9.85. The summed E-state index contributed by atoms with van der Waals surface area (Å²) in [6.07, 6.45) is 4.33. The Labute approximate surface area is 143 Å². The lowest BCUT2D eigenvalue weighted by Crippen LogP contribution is -2.54. The number of rotatable bonds is 3. The summed E-state index contributed by atoms with van der Waals surface area (Å²) in [7, 11) is 3.95. The third-order valence-corrected chi connectivity index (χ3v) is 6.00. The Morgan fingerprint density at radius 3 is 2.67 bits per heavy atom. The topological polar surface area (TPSA) is 32.8 Å². The number of likely N-dealkylation sites (N-methyl/N-ethyl adjacent to an activating group) is 1. The van der Waals surface area contributed by atoms with Crippen molar-refractivity contribution in [1.82, 2.24) is 9.80 Å². The van der Waals surface area contributed by atoms with Crippen molar-refractivity contribution in [1.29, 1.82) is 0 Å². The minimum absolute atomic E-state index is 0.0245. The molecule has 1 aromatic rings. The van der Waals surface area contributed by atoms with Crippen LogP contribution in [0, 0.1) is 12.7 Å². The van der Waals surface area contributed by atoms with E-state index in [2.05, 4.69) is 11.9 Å². The van der Waals surface area contributed by atoms with E-state index in [1.165, 1.54) is 18.6 Å². The maximum absolute atomic E-state index is 13.3. The molecule has 0 bridgehead atoms. The molecule has 4 nitrogen and oxygen atoms in total. The van der Waals surface area contributed by atoms with Crippen LogP contribution in [0.5, 0.6) is 0 Å². The van der Waals surface area contributed by atoms with Gasteiger partial charge in [-0.25, -0.2) is 4.39 Å². The molecule has 132 valence electrons. The summed E-state index contributed by atoms with van der Waals surface area (Å²) >= 11 is 0. The Kier molecular flexibility index (Phi) is 4.92. The van der Waals surface area contributed by atoms with Crippen molar-refractivity contribution in [2.75, 3.05) is 33.9 Å². The molecule has 2 aliphatic rings. The van der Waals surface area contributed by atoms with Gasteiger partial charge >= 0.3 is 0 Å². The molecular weight excluding hydrogens is 307 g/mol. The molecule has 2 saturated heterocycles. The van der Waals surface area contributed by atoms with Gasteiger partial charge in [0, 0.05) is 37.3 Å². The predicted molar refractivity (Wildman–Crippen MR) is 91.7 cm³/mol. The van der Waals surface area contributed by atoms with Crippen molar-refractivity contribution >= 4 is 5.91 Å². The van der Waals surface area contributed by atoms with Crippen LogP contribution in [0.1, 0.15) is 41.6 Å². The summed E-state index contributed by atoms with van der Waals surface area (Å²) in [4.78, 5) is 17.1. The lowest BCUT2D eigenvalue weighted by Gasteiger charge is -2.45. The van der Waals surface area contributed by atoms with E-state index in [0.29, 0.717) is 17.2 Å². The summed E-state index contributed by atoms with van der Waals surface area (Å²) < 4.78 is 18.6. The average molecular weight is 334 g/mol. The number of methoxy groups -OCH3 is 1. The number of nitrogens with zero attached hydrogens (tertiary/aromatic N) is 2. The zero-order chi connectivity index (χ0) is 17.3. The molecule has 1 spiro atoms. The molecule has 0 N–H and O–H groups in total. The number of piperidine rings is 1. The monoisotopic (exact) mass is 334 g/mol. The highest BCUT2D eigenvalue weighted by Crippen LogP contribution is 2.40. The van der Waals surface area contributed by atoms with Crippen molar-refractivity contribution in [3.63, 3.8) is 0 Å². The van der Waals surface area contributed by atoms with Crippen molar-refractivity contribution in [2.24, 2.45) is 0 Å². The maximum Gasteiger partial charge on any atom is 0.254 e. The van der Waals surface area contributed by atoms with Crippen LogP contribution >= 0.6 is 0 Å². The number of ether oxygens (including phenoxy) is 1. The van der Waals surface area contributed by atoms with Crippen molar-refractivity contribution < 1.29 is 13.9 Å². The van der Waals surface area contributed by atoms with Gasteiger partial charge in [0.2, 0.25) is 0 Å². The molecule has 1 amide bonds. The van der Waals surface area contributed by atoms with Crippen molar-refractivity contribution in [3.8, 4) is 0 Å². The summed E-state index contributed by atoms with van der Waals surface area (Å²) in [5, 5.41) is 0. The number of benzene rings is 1. The first kappa shape index (κ1) is 17.4. The molecule has 1 atom stereocenters. The second kappa shape index (κ2) is 6.81. The third-order valence-electron chi connectivity index (χ3n) is 6.00. The second-order valence-corrected chi connectivity index (χ2v) is 7.23. The molecule has 0 aromatic heterocycles. The number of hydrogen-bond donors (Lipinski definition) is 0. The molecule has 0 radical (unpaired) electrons. The van der Waals surface area contributed by atoms with Crippen LogP contribution in [-0.2, 0) is 4.74 Å². The number of likely N-dealkylation sites (tertiary alicyclic amines) is 2. The van der Waals surface area contributed by atoms with Gasteiger partial charge in [-0.15, -0.1) is 0 Å². The Bertz CT molecular complexity index is 611. The van der Waals surface area contributed by atoms with E-state index in [-0.39, 0.29) is 17.3 Å². The molecule has 1 unspecified atom stereocenters. The van der Waals surface area contributed by atoms with Crippen LogP contribution in [0.25, 0.3) is 0 Å². The van der Waals surface area contributed by atoms with Gasteiger partial charge in [0.05, 0.1) is 6.61 Å². The number of carbonyl (C=O) groups is 1. The zero-order valence-electron chi connectivity index (χ0n) is 14.8. The van der Waals surface area contributed by atoms with E-state index in [1.807, 2.05) is 4.90 Å². The van der Waals surface area contributed by atoms with E-state index in [0.717, 1.165) is 39.0 Å². The SMILES string of the molecule is COCC1CCC2(CCN(C(=O)c3ccc(F)cc3C)CC2)N1C. The smallest absolute Gasteiger partial charge is 0.254 e. The largest absolute Gasteiger partial charge is 0.383 e. The van der Waals surface area contributed by atoms with Crippen molar-refractivity contribution in [3.05, 3.63) is 35.1 Å². The minimum Gasteiger partial charge on any atom is -0.383 e. The normalized spacial score (nSPS) is 23.8. The molecule has 2 aliphatic heterocycles. The quantitative estimate of drug-likeness (QED) is 0.852. The van der Waals surface area contributed by atoms with Crippen LogP contribution < -0.4 is 0 Å². The highest BCUT2D eigenvalue weighted by Gasteiger charge is 2.46. The molecule has 24 heavy (non-hydrogen) atoms. The Morgan fingerprint density at radius 1 is 1.33 bits per heavy atom. The molecule has 3 rings (SSSR count). The molecule has 1 aromatic carbocycles. The molecule has 2 heterocycles. The first-order valence-electron chi connectivity index (χ1n) is 8.74. The van der Waals surface area contributed by atoms with Gasteiger partial charge in [-0.3, -0.25) is 9.69 Å². The number of carbonyl (C=O) groups excluding carboxylic acids is 1. The van der Waals surface area contributed by atoms with E-state index in [1.54, 1.807) is 20.1 Å². The van der Waals surface area contributed by atoms with Crippen LogP contribution in [-0.4, -0.2) is 61.1 Å². The number of aryl methyl sites for hydroxylation is 1. The van der Waals surface area contributed by atoms with Gasteiger partial charge in [0.25, 0.3) is 5.91 Å². The average Bonchev–Trinajstić information content (AvgIpc) is 2.85. The summed E-state index contributed by atoms with van der Waals surface area (Å²) in [5.74, 6) is -0.269. The van der Waals surface area contributed by atoms with Gasteiger partial charge in [0.15, 0.2) is 0 Å². The van der Waals surface area contributed by atoms with Gasteiger partial charge in [0.1, 0.15) is 5.82 Å². The lowest BCUT2D eigenvalue weighted by molar-refractivity contribution is 0.0273. The Hall–Kier alpha value is -1.46. The van der Waals surface area contributed by atoms with Crippen LogP contribution in [0.2, 0.25) is 0 Å². The Balaban J connectivity index is 1.66. The molecular formula is C19H27FN2O2. The standard InChI is InChI=1S/C19H27FN2O2/c1-14-12-15(20)4-5-17(14)18(23)22-10-8-19(9-11-22)7-6-16(13-24-3)21(19)2/h4-5,12,16H,6-11,13H2,1-3H3. The highest BCUT2D eigenvalue weighted by atomic mass is 19.1. The fourth-order valence-electron chi connectivity index (χ4n) is 4.35. The number of halogens is 1. The van der Waals surface area contributed by atoms with E-state index >= 15 is 0 Å². The van der Waals surface area contributed by atoms with Gasteiger partial charge < -0.3 is 9.64 Å². The van der Waals surface area contributed by atoms with Crippen molar-refractivity contribution in [2.45, 2.75) is 44.2 Å². The summed E-state index contributed by atoms with van der Waals surface area (Å²) in [6, 6.07) is 4.88.